The van der Waals surface area contributed by atoms with Gasteiger partial charge in [0.05, 0.1) is 0 Å². The molecular weight excluding hydrogens is 204 g/mol. The van der Waals surface area contributed by atoms with Gasteiger partial charge in [0.2, 0.25) is 0 Å². The minimum atomic E-state index is 0.198. The Morgan fingerprint density at radius 3 is 1.94 bits per heavy atom. The van der Waals surface area contributed by atoms with Gasteiger partial charge in [0.1, 0.15) is 12.4 Å². The first-order valence-corrected chi connectivity index (χ1v) is 6.40. The van der Waals surface area contributed by atoms with E-state index in [1.165, 1.54) is 0 Å². The Balaban J connectivity index is 2.23. The van der Waals surface area contributed by atoms with Crippen molar-refractivity contribution in [2.45, 2.75) is 57.8 Å². The lowest BCUT2D eigenvalue weighted by molar-refractivity contribution is -0.123. The first kappa shape index (κ1) is 13.4. The molecule has 1 fully saturated rings. The van der Waals surface area contributed by atoms with Crippen molar-refractivity contribution in [3.63, 3.8) is 0 Å². The van der Waals surface area contributed by atoms with Crippen LogP contribution in [0.5, 0.6) is 0 Å². The van der Waals surface area contributed by atoms with Crippen molar-refractivity contribution in [2.24, 2.45) is 0 Å². The van der Waals surface area contributed by atoms with E-state index in [-0.39, 0.29) is 12.4 Å². The largest absolute Gasteiger partial charge is 0.374 e. The predicted molar refractivity (Wildman–Crippen MR) is 62.4 cm³/mol. The SMILES string of the molecule is O=C1CCCCCOCC(=O)CCCCC1. The highest BCUT2D eigenvalue weighted by Crippen LogP contribution is 2.09. The highest BCUT2D eigenvalue weighted by molar-refractivity contribution is 5.79. The van der Waals surface area contributed by atoms with Crippen molar-refractivity contribution in [2.75, 3.05) is 13.2 Å². The van der Waals surface area contributed by atoms with Crippen LogP contribution >= 0.6 is 0 Å². The van der Waals surface area contributed by atoms with Gasteiger partial charge < -0.3 is 4.74 Å². The fraction of sp³-hybridized carbons (Fsp3) is 0.846. The first-order chi connectivity index (χ1) is 7.79. The summed E-state index contributed by atoms with van der Waals surface area (Å²) in [6.07, 6.45) is 7.80. The van der Waals surface area contributed by atoms with E-state index in [2.05, 4.69) is 0 Å². The van der Waals surface area contributed by atoms with Crippen LogP contribution in [0.1, 0.15) is 57.8 Å². The summed E-state index contributed by atoms with van der Waals surface area (Å²) in [7, 11) is 0. The van der Waals surface area contributed by atoms with Crippen LogP contribution < -0.4 is 0 Å². The number of hydrogen-bond donors (Lipinski definition) is 0. The van der Waals surface area contributed by atoms with Gasteiger partial charge in [0.25, 0.3) is 0 Å². The third-order valence-electron chi connectivity index (χ3n) is 2.92. The van der Waals surface area contributed by atoms with E-state index in [1.54, 1.807) is 0 Å². The minimum Gasteiger partial charge on any atom is -0.374 e. The fourth-order valence-corrected chi connectivity index (χ4v) is 1.91. The van der Waals surface area contributed by atoms with Gasteiger partial charge in [-0.25, -0.2) is 0 Å². The molecule has 0 atom stereocenters. The molecule has 1 heterocycles. The van der Waals surface area contributed by atoms with Crippen molar-refractivity contribution in [3.8, 4) is 0 Å². The lowest BCUT2D eigenvalue weighted by Crippen LogP contribution is -2.10. The molecule has 3 nitrogen and oxygen atoms in total. The smallest absolute Gasteiger partial charge is 0.158 e. The average Bonchev–Trinajstić information content (AvgIpc) is 2.26. The number of carbonyl (C=O) groups excluding carboxylic acids is 2. The zero-order chi connectivity index (χ0) is 11.6. The summed E-state index contributed by atoms with van der Waals surface area (Å²) < 4.78 is 5.28. The maximum Gasteiger partial charge on any atom is 0.158 e. The first-order valence-electron chi connectivity index (χ1n) is 6.40. The highest BCUT2D eigenvalue weighted by Gasteiger charge is 2.05. The van der Waals surface area contributed by atoms with Crippen molar-refractivity contribution in [1.29, 1.82) is 0 Å². The molecular formula is C13H22O3. The van der Waals surface area contributed by atoms with E-state index >= 15 is 0 Å². The zero-order valence-corrected chi connectivity index (χ0v) is 10.0. The molecule has 1 aliphatic rings. The number of carbonyl (C=O) groups is 2. The van der Waals surface area contributed by atoms with E-state index in [9.17, 15) is 9.59 Å². The van der Waals surface area contributed by atoms with Crippen molar-refractivity contribution < 1.29 is 14.3 Å². The number of ether oxygens (including phenoxy) is 1. The summed E-state index contributed by atoms with van der Waals surface area (Å²) in [5, 5.41) is 0. The standard InChI is InChI=1S/C13H22O3/c14-12-7-3-1-4-9-13(15)11-16-10-6-2-5-8-12/h1-11H2. The number of hydrogen-bond acceptors (Lipinski definition) is 3. The Morgan fingerprint density at radius 1 is 0.688 bits per heavy atom. The molecule has 0 unspecified atom stereocenters. The Labute approximate surface area is 97.5 Å². The van der Waals surface area contributed by atoms with Gasteiger partial charge in [-0.05, 0) is 25.7 Å². The van der Waals surface area contributed by atoms with Crippen LogP contribution in [-0.2, 0) is 14.3 Å². The van der Waals surface area contributed by atoms with Crippen LogP contribution in [0.3, 0.4) is 0 Å². The van der Waals surface area contributed by atoms with Crippen molar-refractivity contribution in [1.82, 2.24) is 0 Å². The monoisotopic (exact) mass is 226 g/mol. The maximum absolute atomic E-state index is 11.4. The molecule has 0 saturated carbocycles. The lowest BCUT2D eigenvalue weighted by atomic mass is 10.0. The predicted octanol–water partition coefficient (Wildman–Crippen LogP) is 2.67. The summed E-state index contributed by atoms with van der Waals surface area (Å²) in [4.78, 5) is 22.7. The normalized spacial score (nSPS) is 22.8. The maximum atomic E-state index is 11.4. The van der Waals surface area contributed by atoms with Gasteiger partial charge in [0, 0.05) is 25.9 Å². The Bertz CT molecular complexity index is 201. The lowest BCUT2D eigenvalue weighted by Gasteiger charge is -2.06. The average molecular weight is 226 g/mol. The molecule has 0 bridgehead atoms. The minimum absolute atomic E-state index is 0.198. The van der Waals surface area contributed by atoms with E-state index in [4.69, 9.17) is 4.74 Å². The second kappa shape index (κ2) is 8.45. The molecule has 0 spiro atoms. The van der Waals surface area contributed by atoms with Crippen LogP contribution in [-0.4, -0.2) is 24.8 Å². The third kappa shape index (κ3) is 6.72. The summed E-state index contributed by atoms with van der Waals surface area (Å²) in [6.45, 7) is 0.929. The van der Waals surface area contributed by atoms with E-state index < -0.39 is 0 Å². The van der Waals surface area contributed by atoms with Crippen LogP contribution in [0.25, 0.3) is 0 Å². The van der Waals surface area contributed by atoms with E-state index in [0.29, 0.717) is 25.2 Å². The van der Waals surface area contributed by atoms with Gasteiger partial charge in [-0.15, -0.1) is 0 Å². The van der Waals surface area contributed by atoms with Crippen molar-refractivity contribution >= 4 is 11.6 Å². The number of Topliss-reactive ketones (excluding diaryl/α,β-unsaturated/α-hetero) is 2. The molecule has 0 aromatic carbocycles. The van der Waals surface area contributed by atoms with Crippen LogP contribution in [0.15, 0.2) is 0 Å². The Morgan fingerprint density at radius 2 is 1.25 bits per heavy atom. The zero-order valence-electron chi connectivity index (χ0n) is 10.0. The summed E-state index contributed by atoms with van der Waals surface area (Å²) in [5.74, 6) is 0.577. The van der Waals surface area contributed by atoms with Gasteiger partial charge in [0.15, 0.2) is 5.78 Å². The van der Waals surface area contributed by atoms with Crippen LogP contribution in [0, 0.1) is 0 Å². The van der Waals surface area contributed by atoms with Crippen molar-refractivity contribution in [3.05, 3.63) is 0 Å². The van der Waals surface area contributed by atoms with Gasteiger partial charge >= 0.3 is 0 Å². The number of ketones is 2. The highest BCUT2D eigenvalue weighted by atomic mass is 16.5. The quantitative estimate of drug-likeness (QED) is 0.637. The molecule has 1 aliphatic heterocycles. The molecule has 0 radical (unpaired) electrons. The third-order valence-corrected chi connectivity index (χ3v) is 2.92. The summed E-state index contributed by atoms with van der Waals surface area (Å²) in [6, 6.07) is 0. The van der Waals surface area contributed by atoms with Crippen LogP contribution in [0.2, 0.25) is 0 Å². The molecule has 1 rings (SSSR count). The van der Waals surface area contributed by atoms with Crippen LogP contribution in [0.4, 0.5) is 0 Å². The molecule has 0 amide bonds. The molecule has 0 aliphatic carbocycles. The second-order valence-corrected chi connectivity index (χ2v) is 4.50. The summed E-state index contributed by atoms with van der Waals surface area (Å²) in [5.41, 5.74) is 0. The van der Waals surface area contributed by atoms with Gasteiger partial charge in [-0.2, -0.15) is 0 Å². The molecule has 0 N–H and O–H groups in total. The molecule has 1 saturated heterocycles. The number of rotatable bonds is 0. The van der Waals surface area contributed by atoms with Gasteiger partial charge in [-0.3, -0.25) is 9.59 Å². The molecule has 92 valence electrons. The molecule has 0 aromatic rings. The van der Waals surface area contributed by atoms with Gasteiger partial charge in [-0.1, -0.05) is 12.8 Å². The molecule has 0 aromatic heterocycles. The second-order valence-electron chi connectivity index (χ2n) is 4.50. The van der Waals surface area contributed by atoms with E-state index in [1.807, 2.05) is 0 Å². The molecule has 16 heavy (non-hydrogen) atoms. The fourth-order valence-electron chi connectivity index (χ4n) is 1.91. The Kier molecular flexibility index (Phi) is 7.06. The molecule has 3 heteroatoms. The van der Waals surface area contributed by atoms with E-state index in [0.717, 1.165) is 44.9 Å². The summed E-state index contributed by atoms with van der Waals surface area (Å²) >= 11 is 0. The Hall–Kier alpha value is -0.700. The topological polar surface area (TPSA) is 43.4 Å².